The molecule has 160 valence electrons. The van der Waals surface area contributed by atoms with Gasteiger partial charge >= 0.3 is 0 Å². The van der Waals surface area contributed by atoms with Gasteiger partial charge in [-0.05, 0) is 30.5 Å². The van der Waals surface area contributed by atoms with Crippen molar-refractivity contribution in [3.8, 4) is 5.75 Å². The fourth-order valence-electron chi connectivity index (χ4n) is 2.12. The number of rotatable bonds is 12. The third kappa shape index (κ3) is 12.0. The molecule has 0 bridgehead atoms. The first-order chi connectivity index (χ1) is 13.1. The van der Waals surface area contributed by atoms with Crippen molar-refractivity contribution in [3.63, 3.8) is 0 Å². The normalized spacial score (nSPS) is 10.8. The van der Waals surface area contributed by atoms with E-state index in [1.54, 1.807) is 26.1 Å². The van der Waals surface area contributed by atoms with Crippen LogP contribution in [-0.4, -0.2) is 64.3 Å². The number of methoxy groups -OCH3 is 1. The van der Waals surface area contributed by atoms with E-state index in [2.05, 4.69) is 22.5 Å². The number of halogens is 1. The number of ether oxygens (including phenoxy) is 2. The summed E-state index contributed by atoms with van der Waals surface area (Å²) in [5.41, 5.74) is 1.07. The van der Waals surface area contributed by atoms with Gasteiger partial charge in [-0.3, -0.25) is 4.79 Å². The summed E-state index contributed by atoms with van der Waals surface area (Å²) in [6.07, 6.45) is 3.12. The molecule has 0 aliphatic rings. The molecule has 0 saturated carbocycles. The van der Waals surface area contributed by atoms with Gasteiger partial charge in [0.25, 0.3) is 0 Å². The quantitative estimate of drug-likeness (QED) is 0.197. The molecule has 1 aromatic carbocycles. The fraction of sp³-hybridized carbons (Fsp3) is 0.600. The molecular weight excluding hydrogens is 471 g/mol. The highest BCUT2D eigenvalue weighted by Gasteiger charge is 2.06. The Morgan fingerprint density at radius 1 is 1.11 bits per heavy atom. The average Bonchev–Trinajstić information content (AvgIpc) is 2.68. The summed E-state index contributed by atoms with van der Waals surface area (Å²) < 4.78 is 10.7. The third-order valence-corrected chi connectivity index (χ3v) is 3.88. The van der Waals surface area contributed by atoms with Gasteiger partial charge in [-0.15, -0.1) is 24.0 Å². The van der Waals surface area contributed by atoms with Crippen molar-refractivity contribution in [3.05, 3.63) is 29.8 Å². The van der Waals surface area contributed by atoms with Gasteiger partial charge in [0.15, 0.2) is 5.96 Å². The summed E-state index contributed by atoms with van der Waals surface area (Å²) in [5.74, 6) is 1.44. The van der Waals surface area contributed by atoms with E-state index in [9.17, 15) is 4.79 Å². The summed E-state index contributed by atoms with van der Waals surface area (Å²) in [5, 5.41) is 6.35. The minimum Gasteiger partial charge on any atom is -0.497 e. The maximum Gasteiger partial charge on any atom is 0.241 e. The lowest BCUT2D eigenvalue weighted by molar-refractivity contribution is -0.127. The number of nitrogens with one attached hydrogen (secondary N) is 2. The Hall–Kier alpha value is -1.55. The SMILES string of the molecule is CCCCOCCCNC(=NCc1ccc(OC)cc1)NCC(=O)N(C)C.I. The molecule has 0 aliphatic heterocycles. The lowest BCUT2D eigenvalue weighted by atomic mass is 10.2. The van der Waals surface area contributed by atoms with Crippen LogP contribution in [-0.2, 0) is 16.1 Å². The first-order valence-corrected chi connectivity index (χ1v) is 9.49. The van der Waals surface area contributed by atoms with Gasteiger partial charge in [-0.25, -0.2) is 4.99 Å². The molecule has 0 aliphatic carbocycles. The van der Waals surface area contributed by atoms with E-state index >= 15 is 0 Å². The monoisotopic (exact) mass is 506 g/mol. The average molecular weight is 506 g/mol. The zero-order valence-corrected chi connectivity index (χ0v) is 19.8. The molecule has 0 saturated heterocycles. The Labute approximate surface area is 186 Å². The van der Waals surface area contributed by atoms with E-state index in [1.807, 2.05) is 24.3 Å². The van der Waals surface area contributed by atoms with E-state index in [-0.39, 0.29) is 36.4 Å². The highest BCUT2D eigenvalue weighted by Crippen LogP contribution is 2.11. The van der Waals surface area contributed by atoms with Crippen LogP contribution in [0.3, 0.4) is 0 Å². The summed E-state index contributed by atoms with van der Waals surface area (Å²) in [6, 6.07) is 7.78. The van der Waals surface area contributed by atoms with Crippen LogP contribution in [0.2, 0.25) is 0 Å². The highest BCUT2D eigenvalue weighted by atomic mass is 127. The van der Waals surface area contributed by atoms with E-state index in [4.69, 9.17) is 9.47 Å². The molecule has 2 N–H and O–H groups in total. The smallest absolute Gasteiger partial charge is 0.241 e. The van der Waals surface area contributed by atoms with Gasteiger partial charge < -0.3 is 25.0 Å². The van der Waals surface area contributed by atoms with Gasteiger partial charge in [-0.1, -0.05) is 25.5 Å². The number of amides is 1. The number of nitrogens with zero attached hydrogens (tertiary/aromatic N) is 2. The first-order valence-electron chi connectivity index (χ1n) is 9.49. The van der Waals surface area contributed by atoms with Crippen LogP contribution in [0.1, 0.15) is 31.7 Å². The van der Waals surface area contributed by atoms with Crippen molar-refractivity contribution >= 4 is 35.8 Å². The Balaban J connectivity index is 0.00000729. The molecule has 0 atom stereocenters. The second-order valence-corrected chi connectivity index (χ2v) is 6.40. The van der Waals surface area contributed by atoms with Gasteiger partial charge in [0.05, 0.1) is 20.2 Å². The summed E-state index contributed by atoms with van der Waals surface area (Å²) in [6.45, 7) is 5.13. The zero-order valence-electron chi connectivity index (χ0n) is 17.5. The molecule has 28 heavy (non-hydrogen) atoms. The number of unbranched alkanes of at least 4 members (excludes halogenated alkanes) is 1. The molecule has 1 amide bonds. The Morgan fingerprint density at radius 3 is 2.39 bits per heavy atom. The van der Waals surface area contributed by atoms with Crippen molar-refractivity contribution in [1.29, 1.82) is 0 Å². The first kappa shape index (κ1) is 26.4. The molecule has 8 heteroatoms. The van der Waals surface area contributed by atoms with Gasteiger partial charge in [0.1, 0.15) is 5.75 Å². The molecule has 7 nitrogen and oxygen atoms in total. The predicted molar refractivity (Wildman–Crippen MR) is 125 cm³/mol. The van der Waals surface area contributed by atoms with Crippen LogP contribution < -0.4 is 15.4 Å². The maximum atomic E-state index is 11.8. The molecule has 1 rings (SSSR count). The van der Waals surface area contributed by atoms with Crippen LogP contribution in [0.25, 0.3) is 0 Å². The maximum absolute atomic E-state index is 11.8. The Bertz CT molecular complexity index is 565. The van der Waals surface area contributed by atoms with Gasteiger partial charge in [-0.2, -0.15) is 0 Å². The molecule has 0 fully saturated rings. The number of carbonyl (C=O) groups is 1. The minimum absolute atomic E-state index is 0. The van der Waals surface area contributed by atoms with E-state index in [0.717, 1.165) is 50.3 Å². The van der Waals surface area contributed by atoms with Crippen molar-refractivity contribution in [2.75, 3.05) is 47.5 Å². The summed E-state index contributed by atoms with van der Waals surface area (Å²) >= 11 is 0. The number of benzene rings is 1. The van der Waals surface area contributed by atoms with Gasteiger partial charge in [0.2, 0.25) is 5.91 Å². The van der Waals surface area contributed by atoms with Crippen LogP contribution in [0.15, 0.2) is 29.3 Å². The Kier molecular flexibility index (Phi) is 15.5. The van der Waals surface area contributed by atoms with Gasteiger partial charge in [0, 0.05) is 33.9 Å². The van der Waals surface area contributed by atoms with Crippen LogP contribution in [0.4, 0.5) is 0 Å². The van der Waals surface area contributed by atoms with Crippen molar-refractivity contribution in [2.24, 2.45) is 4.99 Å². The number of carbonyl (C=O) groups excluding carboxylic acids is 1. The lowest BCUT2D eigenvalue weighted by Gasteiger charge is -2.15. The number of likely N-dealkylation sites (N-methyl/N-ethyl adjacent to an activating group) is 1. The van der Waals surface area contributed by atoms with Crippen LogP contribution in [0.5, 0.6) is 5.75 Å². The van der Waals surface area contributed by atoms with E-state index in [0.29, 0.717) is 12.5 Å². The van der Waals surface area contributed by atoms with Crippen molar-refractivity contribution in [2.45, 2.75) is 32.7 Å². The largest absolute Gasteiger partial charge is 0.497 e. The number of hydrogen-bond acceptors (Lipinski definition) is 4. The molecule has 0 unspecified atom stereocenters. The molecule has 0 aromatic heterocycles. The van der Waals surface area contributed by atoms with E-state index in [1.165, 1.54) is 0 Å². The standard InChI is InChI=1S/C20H34N4O3.HI/c1-5-6-13-27-14-7-12-21-20(23-16-19(25)24(2)3)22-15-17-8-10-18(26-4)11-9-17;/h8-11H,5-7,12-16H2,1-4H3,(H2,21,22,23);1H. The lowest BCUT2D eigenvalue weighted by Crippen LogP contribution is -2.43. The highest BCUT2D eigenvalue weighted by molar-refractivity contribution is 14.0. The predicted octanol–water partition coefficient (Wildman–Crippen LogP) is 2.64. The third-order valence-electron chi connectivity index (χ3n) is 3.88. The minimum atomic E-state index is -0.00292. The Morgan fingerprint density at radius 2 is 1.79 bits per heavy atom. The van der Waals surface area contributed by atoms with E-state index < -0.39 is 0 Å². The molecular formula is C20H35IN4O3. The topological polar surface area (TPSA) is 75.2 Å². The van der Waals surface area contributed by atoms with Crippen LogP contribution >= 0.6 is 24.0 Å². The molecule has 0 radical (unpaired) electrons. The van der Waals surface area contributed by atoms with Crippen molar-refractivity contribution < 1.29 is 14.3 Å². The summed E-state index contributed by atoms with van der Waals surface area (Å²) in [7, 11) is 5.12. The van der Waals surface area contributed by atoms with Crippen molar-refractivity contribution in [1.82, 2.24) is 15.5 Å². The van der Waals surface area contributed by atoms with Crippen LogP contribution in [0, 0.1) is 0 Å². The number of hydrogen-bond donors (Lipinski definition) is 2. The second-order valence-electron chi connectivity index (χ2n) is 6.40. The summed E-state index contributed by atoms with van der Waals surface area (Å²) in [4.78, 5) is 17.9. The molecule has 0 heterocycles. The second kappa shape index (κ2) is 16.4. The number of guanidine groups is 1. The fourth-order valence-corrected chi connectivity index (χ4v) is 2.12. The number of aliphatic imine (C=N–C) groups is 1. The molecule has 1 aromatic rings. The zero-order chi connectivity index (χ0) is 19.9. The molecule has 0 spiro atoms.